The highest BCUT2D eigenvalue weighted by Crippen LogP contribution is 2.30. The molecule has 0 saturated carbocycles. The Hall–Kier alpha value is -1.75. The SMILES string of the molecule is CC(C)(C)c1ccc(C(=O)Nc2cc(F)ccc2F)s1. The van der Waals surface area contributed by atoms with Crippen LogP contribution in [0, 0.1) is 11.6 Å². The van der Waals surface area contributed by atoms with E-state index in [0.29, 0.717) is 4.88 Å². The third-order valence-corrected chi connectivity index (χ3v) is 4.26. The van der Waals surface area contributed by atoms with Crippen LogP contribution in [0.1, 0.15) is 35.3 Å². The molecule has 0 spiro atoms. The first-order chi connectivity index (χ1) is 9.27. The minimum atomic E-state index is -0.660. The molecule has 0 radical (unpaired) electrons. The summed E-state index contributed by atoms with van der Waals surface area (Å²) in [6.45, 7) is 6.15. The van der Waals surface area contributed by atoms with Crippen molar-refractivity contribution in [2.45, 2.75) is 26.2 Å². The second-order valence-corrected chi connectivity index (χ2v) is 6.58. The Labute approximate surface area is 120 Å². The third-order valence-electron chi connectivity index (χ3n) is 2.75. The van der Waals surface area contributed by atoms with Crippen LogP contribution in [0.4, 0.5) is 14.5 Å². The molecule has 20 heavy (non-hydrogen) atoms. The summed E-state index contributed by atoms with van der Waals surface area (Å²) in [7, 11) is 0. The van der Waals surface area contributed by atoms with Gasteiger partial charge in [-0.2, -0.15) is 0 Å². The lowest BCUT2D eigenvalue weighted by Gasteiger charge is -2.15. The number of hydrogen-bond acceptors (Lipinski definition) is 2. The first-order valence-corrected chi connectivity index (χ1v) is 6.96. The highest BCUT2D eigenvalue weighted by Gasteiger charge is 2.19. The number of carbonyl (C=O) groups excluding carboxylic acids is 1. The summed E-state index contributed by atoms with van der Waals surface area (Å²) in [5.41, 5.74) is -0.200. The van der Waals surface area contributed by atoms with Crippen molar-refractivity contribution in [2.75, 3.05) is 5.32 Å². The van der Waals surface area contributed by atoms with Gasteiger partial charge < -0.3 is 5.32 Å². The summed E-state index contributed by atoms with van der Waals surface area (Å²) in [5.74, 6) is -1.69. The Balaban J connectivity index is 2.20. The number of carbonyl (C=O) groups is 1. The molecule has 2 rings (SSSR count). The average molecular weight is 295 g/mol. The predicted octanol–water partition coefficient (Wildman–Crippen LogP) is 4.58. The lowest BCUT2D eigenvalue weighted by Crippen LogP contribution is -2.12. The molecule has 1 amide bonds. The lowest BCUT2D eigenvalue weighted by atomic mass is 9.95. The molecule has 2 nitrogen and oxygen atoms in total. The number of rotatable bonds is 2. The molecular weight excluding hydrogens is 280 g/mol. The van der Waals surface area contributed by atoms with Crippen LogP contribution in [0.2, 0.25) is 0 Å². The average Bonchev–Trinajstić information content (AvgIpc) is 2.83. The number of thiophene rings is 1. The summed E-state index contributed by atoms with van der Waals surface area (Å²) >= 11 is 1.35. The molecule has 0 aliphatic heterocycles. The number of hydrogen-bond donors (Lipinski definition) is 1. The van der Waals surface area contributed by atoms with Crippen LogP contribution >= 0.6 is 11.3 Å². The smallest absolute Gasteiger partial charge is 0.265 e. The van der Waals surface area contributed by atoms with Crippen LogP contribution in [-0.2, 0) is 5.41 Å². The zero-order valence-electron chi connectivity index (χ0n) is 11.5. The Morgan fingerprint density at radius 1 is 1.15 bits per heavy atom. The summed E-state index contributed by atoms with van der Waals surface area (Å²) in [5, 5.41) is 2.39. The van der Waals surface area contributed by atoms with Gasteiger partial charge in [-0.1, -0.05) is 20.8 Å². The van der Waals surface area contributed by atoms with Crippen molar-refractivity contribution in [2.24, 2.45) is 0 Å². The van der Waals surface area contributed by atoms with Crippen LogP contribution in [0.25, 0.3) is 0 Å². The summed E-state index contributed by atoms with van der Waals surface area (Å²) in [6.07, 6.45) is 0. The maximum absolute atomic E-state index is 13.5. The monoisotopic (exact) mass is 295 g/mol. The molecule has 1 aromatic heterocycles. The normalized spacial score (nSPS) is 11.4. The maximum atomic E-state index is 13.5. The van der Waals surface area contributed by atoms with Gasteiger partial charge >= 0.3 is 0 Å². The number of nitrogens with one attached hydrogen (secondary N) is 1. The van der Waals surface area contributed by atoms with Crippen LogP contribution in [-0.4, -0.2) is 5.91 Å². The summed E-state index contributed by atoms with van der Waals surface area (Å²) in [6, 6.07) is 6.53. The predicted molar refractivity (Wildman–Crippen MR) is 77.3 cm³/mol. The van der Waals surface area contributed by atoms with Crippen LogP contribution < -0.4 is 5.32 Å². The van der Waals surface area contributed by atoms with Gasteiger partial charge in [-0.15, -0.1) is 11.3 Å². The van der Waals surface area contributed by atoms with Crippen LogP contribution in [0.5, 0.6) is 0 Å². The van der Waals surface area contributed by atoms with Crippen molar-refractivity contribution in [1.29, 1.82) is 0 Å². The number of amides is 1. The van der Waals surface area contributed by atoms with Crippen molar-refractivity contribution in [3.05, 3.63) is 51.7 Å². The molecule has 2 aromatic rings. The Morgan fingerprint density at radius 3 is 2.45 bits per heavy atom. The maximum Gasteiger partial charge on any atom is 0.265 e. The Bertz CT molecular complexity index is 644. The standard InChI is InChI=1S/C15H15F2NOS/c1-15(2,3)13-7-6-12(20-13)14(19)18-11-8-9(16)4-5-10(11)17/h4-8H,1-3H3,(H,18,19). The zero-order valence-corrected chi connectivity index (χ0v) is 12.3. The van der Waals surface area contributed by atoms with Gasteiger partial charge in [0, 0.05) is 10.9 Å². The van der Waals surface area contributed by atoms with Gasteiger partial charge in [0.2, 0.25) is 0 Å². The molecular formula is C15H15F2NOS. The summed E-state index contributed by atoms with van der Waals surface area (Å²) < 4.78 is 26.5. The van der Waals surface area contributed by atoms with E-state index < -0.39 is 17.5 Å². The van der Waals surface area contributed by atoms with Gasteiger partial charge in [-0.3, -0.25) is 4.79 Å². The van der Waals surface area contributed by atoms with E-state index in [2.05, 4.69) is 5.32 Å². The van der Waals surface area contributed by atoms with Gasteiger partial charge in [0.05, 0.1) is 10.6 Å². The second kappa shape index (κ2) is 5.32. The van der Waals surface area contributed by atoms with Crippen molar-refractivity contribution >= 4 is 22.9 Å². The second-order valence-electron chi connectivity index (χ2n) is 5.49. The Morgan fingerprint density at radius 2 is 1.85 bits per heavy atom. The van der Waals surface area contributed by atoms with E-state index in [1.165, 1.54) is 11.3 Å². The molecule has 1 aromatic carbocycles. The molecule has 0 fully saturated rings. The van der Waals surface area contributed by atoms with Gasteiger partial charge in [0.1, 0.15) is 11.6 Å². The fraction of sp³-hybridized carbons (Fsp3) is 0.267. The van der Waals surface area contributed by atoms with Gasteiger partial charge in [-0.25, -0.2) is 8.78 Å². The number of halogens is 2. The van der Waals surface area contributed by atoms with Crippen molar-refractivity contribution < 1.29 is 13.6 Å². The molecule has 106 valence electrons. The highest BCUT2D eigenvalue weighted by atomic mass is 32.1. The topological polar surface area (TPSA) is 29.1 Å². The zero-order chi connectivity index (χ0) is 14.9. The van der Waals surface area contributed by atoms with Crippen molar-refractivity contribution in [3.8, 4) is 0 Å². The first-order valence-electron chi connectivity index (χ1n) is 6.14. The van der Waals surface area contributed by atoms with E-state index in [4.69, 9.17) is 0 Å². The van der Waals surface area contributed by atoms with Crippen LogP contribution in [0.3, 0.4) is 0 Å². The Kier molecular flexibility index (Phi) is 3.90. The van der Waals surface area contributed by atoms with E-state index >= 15 is 0 Å². The molecule has 0 aliphatic rings. The van der Waals surface area contributed by atoms with E-state index in [-0.39, 0.29) is 11.1 Å². The third kappa shape index (κ3) is 3.22. The largest absolute Gasteiger partial charge is 0.319 e. The lowest BCUT2D eigenvalue weighted by molar-refractivity contribution is 0.103. The van der Waals surface area contributed by atoms with E-state index in [9.17, 15) is 13.6 Å². The van der Waals surface area contributed by atoms with Crippen molar-refractivity contribution in [3.63, 3.8) is 0 Å². The summed E-state index contributed by atoms with van der Waals surface area (Å²) in [4.78, 5) is 13.6. The van der Waals surface area contributed by atoms with E-state index in [0.717, 1.165) is 23.1 Å². The fourth-order valence-corrected chi connectivity index (χ4v) is 2.60. The molecule has 0 atom stereocenters. The minimum Gasteiger partial charge on any atom is -0.319 e. The highest BCUT2D eigenvalue weighted by molar-refractivity contribution is 7.14. The molecule has 1 heterocycles. The van der Waals surface area contributed by atoms with Gasteiger partial charge in [-0.05, 0) is 29.7 Å². The molecule has 0 aliphatic carbocycles. The molecule has 0 saturated heterocycles. The molecule has 5 heteroatoms. The molecule has 0 unspecified atom stereocenters. The van der Waals surface area contributed by atoms with Crippen LogP contribution in [0.15, 0.2) is 30.3 Å². The number of benzene rings is 1. The molecule has 1 N–H and O–H groups in total. The van der Waals surface area contributed by atoms with Gasteiger partial charge in [0.15, 0.2) is 0 Å². The fourth-order valence-electron chi connectivity index (χ4n) is 1.64. The van der Waals surface area contributed by atoms with E-state index in [1.54, 1.807) is 6.07 Å². The van der Waals surface area contributed by atoms with Crippen molar-refractivity contribution in [1.82, 2.24) is 0 Å². The number of anilines is 1. The van der Waals surface area contributed by atoms with Gasteiger partial charge in [0.25, 0.3) is 5.91 Å². The minimum absolute atomic E-state index is 0.0483. The first kappa shape index (κ1) is 14.7. The quantitative estimate of drug-likeness (QED) is 0.863. The molecule has 0 bridgehead atoms. The van der Waals surface area contributed by atoms with E-state index in [1.807, 2.05) is 26.8 Å².